The average Bonchev–Trinajstić information content (AvgIpc) is 2.13. The maximum Gasteiger partial charge on any atom is 0.0166 e. The summed E-state index contributed by atoms with van der Waals surface area (Å²) in [4.78, 5) is 2.15. The maximum absolute atomic E-state index is 2.20. The molecule has 1 heteroatoms. The fourth-order valence-electron chi connectivity index (χ4n) is 1.05. The Morgan fingerprint density at radius 2 is 2.00 bits per heavy atom. The molecule has 0 amide bonds. The van der Waals surface area contributed by atoms with Gasteiger partial charge in [-0.15, -0.1) is 0 Å². The summed E-state index contributed by atoms with van der Waals surface area (Å²) in [7, 11) is 4.16. The molecule has 0 radical (unpaired) electrons. The van der Waals surface area contributed by atoms with Gasteiger partial charge >= 0.3 is 0 Å². The van der Waals surface area contributed by atoms with E-state index in [1.54, 1.807) is 0 Å². The molecule has 0 aromatic heterocycles. The van der Waals surface area contributed by atoms with E-state index < -0.39 is 0 Å². The predicted octanol–water partition coefficient (Wildman–Crippen LogP) is 2.34. The molecule has 1 aliphatic rings. The van der Waals surface area contributed by atoms with Crippen molar-refractivity contribution in [2.75, 3.05) is 14.1 Å². The van der Waals surface area contributed by atoms with Gasteiger partial charge in [-0.3, -0.25) is 0 Å². The normalized spacial score (nSPS) is 17.0. The molecule has 0 saturated heterocycles. The molecule has 0 saturated carbocycles. The lowest BCUT2D eigenvalue weighted by Crippen LogP contribution is -2.09. The van der Waals surface area contributed by atoms with Crippen LogP contribution in [0.5, 0.6) is 0 Å². The van der Waals surface area contributed by atoms with Crippen LogP contribution in [0.4, 0.5) is 0 Å². The summed E-state index contributed by atoms with van der Waals surface area (Å²) in [6.07, 6.45) is 9.73. The van der Waals surface area contributed by atoms with E-state index in [0.29, 0.717) is 0 Å². The predicted molar refractivity (Wildman–Crippen MR) is 49.3 cm³/mol. The first-order chi connectivity index (χ1) is 5.20. The average molecular weight is 149 g/mol. The van der Waals surface area contributed by atoms with Crippen molar-refractivity contribution in [1.82, 2.24) is 4.90 Å². The van der Waals surface area contributed by atoms with Crippen LogP contribution in [-0.4, -0.2) is 19.0 Å². The smallest absolute Gasteiger partial charge is 0.0166 e. The van der Waals surface area contributed by atoms with Gasteiger partial charge in [-0.25, -0.2) is 0 Å². The summed E-state index contributed by atoms with van der Waals surface area (Å²) < 4.78 is 0. The molecule has 0 bridgehead atoms. The van der Waals surface area contributed by atoms with Crippen LogP contribution in [0, 0.1) is 0 Å². The third-order valence-electron chi connectivity index (χ3n) is 1.82. The third kappa shape index (κ3) is 2.26. The van der Waals surface area contributed by atoms with E-state index in [4.69, 9.17) is 0 Å². The van der Waals surface area contributed by atoms with Gasteiger partial charge in [-0.05, 0) is 13.0 Å². The van der Waals surface area contributed by atoms with E-state index >= 15 is 0 Å². The molecular formula is C10H15N. The number of hydrogen-bond donors (Lipinski definition) is 0. The molecule has 60 valence electrons. The Kier molecular flexibility index (Phi) is 2.53. The van der Waals surface area contributed by atoms with Gasteiger partial charge in [0.1, 0.15) is 0 Å². The zero-order valence-corrected chi connectivity index (χ0v) is 7.46. The van der Waals surface area contributed by atoms with Gasteiger partial charge in [-0.2, -0.15) is 0 Å². The quantitative estimate of drug-likeness (QED) is 0.553. The number of rotatable bonds is 1. The van der Waals surface area contributed by atoms with Crippen molar-refractivity contribution < 1.29 is 0 Å². The Morgan fingerprint density at radius 3 is 2.64 bits per heavy atom. The molecule has 0 spiro atoms. The van der Waals surface area contributed by atoms with Crippen molar-refractivity contribution in [2.45, 2.75) is 13.3 Å². The van der Waals surface area contributed by atoms with Crippen LogP contribution in [0.25, 0.3) is 0 Å². The van der Waals surface area contributed by atoms with E-state index in [1.165, 1.54) is 11.3 Å². The highest BCUT2D eigenvalue weighted by Gasteiger charge is 1.97. The summed E-state index contributed by atoms with van der Waals surface area (Å²) in [6.45, 7) is 2.12. The minimum atomic E-state index is 1.04. The van der Waals surface area contributed by atoms with Gasteiger partial charge in [0.2, 0.25) is 0 Å². The second kappa shape index (κ2) is 3.42. The molecule has 0 aromatic carbocycles. The summed E-state index contributed by atoms with van der Waals surface area (Å²) in [5.41, 5.74) is 2.68. The van der Waals surface area contributed by atoms with Crippen LogP contribution >= 0.6 is 0 Å². The molecule has 0 aromatic rings. The molecule has 11 heavy (non-hydrogen) atoms. The zero-order valence-electron chi connectivity index (χ0n) is 7.46. The molecule has 0 aliphatic heterocycles. The van der Waals surface area contributed by atoms with Crippen LogP contribution in [-0.2, 0) is 0 Å². The van der Waals surface area contributed by atoms with Crippen molar-refractivity contribution in [3.8, 4) is 0 Å². The van der Waals surface area contributed by atoms with Crippen LogP contribution in [0.15, 0.2) is 35.6 Å². The summed E-state index contributed by atoms with van der Waals surface area (Å²) in [5.74, 6) is 0. The summed E-state index contributed by atoms with van der Waals surface area (Å²) >= 11 is 0. The Balaban J connectivity index is 2.78. The largest absolute Gasteiger partial charge is 0.381 e. The standard InChI is InChI=1S/C10H15N/c1-9-5-4-6-10(8-7-9)11(2)3/h4-5,7-8H,6H2,1-3H3. The molecule has 0 unspecified atom stereocenters. The SMILES string of the molecule is CC1=CC=C(N(C)C)CC=C1. The van der Waals surface area contributed by atoms with Crippen LogP contribution in [0.1, 0.15) is 13.3 Å². The number of nitrogens with zero attached hydrogens (tertiary/aromatic N) is 1. The monoisotopic (exact) mass is 149 g/mol. The molecule has 1 rings (SSSR count). The van der Waals surface area contributed by atoms with Gasteiger partial charge in [0.15, 0.2) is 0 Å². The molecule has 0 atom stereocenters. The van der Waals surface area contributed by atoms with Crippen LogP contribution < -0.4 is 0 Å². The van der Waals surface area contributed by atoms with Crippen molar-refractivity contribution >= 4 is 0 Å². The molecule has 0 N–H and O–H groups in total. The second-order valence-corrected chi connectivity index (χ2v) is 3.07. The second-order valence-electron chi connectivity index (χ2n) is 3.07. The Labute approximate surface area is 68.7 Å². The van der Waals surface area contributed by atoms with Crippen molar-refractivity contribution in [2.24, 2.45) is 0 Å². The lowest BCUT2D eigenvalue weighted by atomic mass is 10.3. The van der Waals surface area contributed by atoms with E-state index in [0.717, 1.165) is 6.42 Å². The molecule has 0 fully saturated rings. The fraction of sp³-hybridized carbons (Fsp3) is 0.400. The highest BCUT2D eigenvalue weighted by molar-refractivity contribution is 5.28. The van der Waals surface area contributed by atoms with Crippen LogP contribution in [0.3, 0.4) is 0 Å². The van der Waals surface area contributed by atoms with Gasteiger partial charge < -0.3 is 4.90 Å². The highest BCUT2D eigenvalue weighted by Crippen LogP contribution is 2.11. The number of hydrogen-bond acceptors (Lipinski definition) is 1. The zero-order chi connectivity index (χ0) is 8.27. The molecule has 1 aliphatic carbocycles. The van der Waals surface area contributed by atoms with Gasteiger partial charge in [-0.1, -0.05) is 23.8 Å². The molecular weight excluding hydrogens is 134 g/mol. The summed E-state index contributed by atoms with van der Waals surface area (Å²) in [6, 6.07) is 0. The van der Waals surface area contributed by atoms with E-state index in [-0.39, 0.29) is 0 Å². The van der Waals surface area contributed by atoms with Gasteiger partial charge in [0.05, 0.1) is 0 Å². The number of allylic oxidation sites excluding steroid dienone is 5. The van der Waals surface area contributed by atoms with E-state index in [2.05, 4.69) is 50.2 Å². The Hall–Kier alpha value is -0.980. The summed E-state index contributed by atoms with van der Waals surface area (Å²) in [5, 5.41) is 0. The molecule has 1 nitrogen and oxygen atoms in total. The van der Waals surface area contributed by atoms with Crippen molar-refractivity contribution in [3.05, 3.63) is 35.6 Å². The third-order valence-corrected chi connectivity index (χ3v) is 1.82. The van der Waals surface area contributed by atoms with Crippen LogP contribution in [0.2, 0.25) is 0 Å². The first kappa shape index (κ1) is 8.12. The molecule has 0 heterocycles. The Morgan fingerprint density at radius 1 is 1.27 bits per heavy atom. The topological polar surface area (TPSA) is 3.24 Å². The van der Waals surface area contributed by atoms with Crippen molar-refractivity contribution in [1.29, 1.82) is 0 Å². The van der Waals surface area contributed by atoms with Crippen molar-refractivity contribution in [3.63, 3.8) is 0 Å². The maximum atomic E-state index is 2.20. The lowest BCUT2D eigenvalue weighted by molar-refractivity contribution is 0.501. The Bertz CT molecular complexity index is 219. The highest BCUT2D eigenvalue weighted by atomic mass is 15.1. The van der Waals surface area contributed by atoms with Gasteiger partial charge in [0, 0.05) is 26.2 Å². The van der Waals surface area contributed by atoms with E-state index in [1.807, 2.05) is 0 Å². The van der Waals surface area contributed by atoms with Gasteiger partial charge in [0.25, 0.3) is 0 Å². The first-order valence-electron chi connectivity index (χ1n) is 3.91. The minimum absolute atomic E-state index is 1.04. The lowest BCUT2D eigenvalue weighted by Gasteiger charge is -2.14. The minimum Gasteiger partial charge on any atom is -0.381 e. The first-order valence-corrected chi connectivity index (χ1v) is 3.91. The van der Waals surface area contributed by atoms with E-state index in [9.17, 15) is 0 Å². The fourth-order valence-corrected chi connectivity index (χ4v) is 1.05.